The number of carbonyl (C=O) groups is 1. The van der Waals surface area contributed by atoms with Crippen LogP contribution in [0.15, 0.2) is 24.3 Å². The molecule has 44 heavy (non-hydrogen) atoms. The molecule has 0 amide bonds. The molecular weight excluding hydrogens is 560 g/mol. The first-order chi connectivity index (χ1) is 19.7. The van der Waals surface area contributed by atoms with E-state index in [-0.39, 0.29) is 33.2 Å². The number of phenols is 2. The highest BCUT2D eigenvalue weighted by molar-refractivity contribution is 5.86. The first-order valence-corrected chi connectivity index (χ1v) is 15.1. The van der Waals surface area contributed by atoms with Gasteiger partial charge in [0, 0.05) is 0 Å². The molecule has 0 aliphatic heterocycles. The van der Waals surface area contributed by atoms with Gasteiger partial charge in [-0.2, -0.15) is 0 Å². The van der Waals surface area contributed by atoms with Crippen LogP contribution in [0.25, 0.3) is 0 Å². The van der Waals surface area contributed by atoms with E-state index >= 15 is 0 Å². The van der Waals surface area contributed by atoms with Crippen molar-refractivity contribution in [1.29, 1.82) is 0 Å². The fourth-order valence-corrected chi connectivity index (χ4v) is 4.85. The van der Waals surface area contributed by atoms with Crippen LogP contribution in [-0.2, 0) is 31.9 Å². The Morgan fingerprint density at radius 1 is 0.500 bits per heavy atom. The Bertz CT molecular complexity index is 1120. The normalized spacial score (nSPS) is 13.4. The summed E-state index contributed by atoms with van der Waals surface area (Å²) in [5.74, 6) is -0.538. The predicted molar refractivity (Wildman–Crippen MR) is 176 cm³/mol. The van der Waals surface area contributed by atoms with Crippen molar-refractivity contribution in [2.24, 2.45) is 5.41 Å². The third-order valence-corrected chi connectivity index (χ3v) is 8.38. The van der Waals surface area contributed by atoms with Gasteiger partial charge in [-0.15, -0.1) is 0 Å². The second-order valence-electron chi connectivity index (χ2n) is 16.4. The highest BCUT2D eigenvalue weighted by Gasteiger charge is 2.42. The highest BCUT2D eigenvalue weighted by Crippen LogP contribution is 2.47. The zero-order valence-electron chi connectivity index (χ0n) is 29.2. The first-order valence-electron chi connectivity index (χ1n) is 15.1. The van der Waals surface area contributed by atoms with E-state index in [4.69, 9.17) is 20.4 Å². The molecule has 0 fully saturated rings. The molecule has 0 atom stereocenters. The maximum Gasteiger partial charge on any atom is 0.318 e. The van der Waals surface area contributed by atoms with Crippen LogP contribution in [-0.4, -0.2) is 68.1 Å². The number of hydrogen-bond acceptors (Lipinski definition) is 7. The Morgan fingerprint density at radius 2 is 0.705 bits per heavy atom. The quantitative estimate of drug-likeness (QED) is 0.211. The van der Waals surface area contributed by atoms with E-state index in [1.165, 1.54) is 0 Å². The predicted octanol–water partition coefficient (Wildman–Crippen LogP) is 5.62. The molecule has 7 N–H and O–H groups in total. The molecule has 0 aliphatic rings. The van der Waals surface area contributed by atoms with Gasteiger partial charge in [0.1, 0.15) is 16.9 Å². The fourth-order valence-electron chi connectivity index (χ4n) is 4.85. The number of aliphatic hydroxyl groups excluding tert-OH is 4. The minimum Gasteiger partial charge on any atom is -0.507 e. The van der Waals surface area contributed by atoms with Crippen LogP contribution >= 0.6 is 0 Å². The van der Waals surface area contributed by atoms with Gasteiger partial charge in [-0.1, -0.05) is 107 Å². The van der Waals surface area contributed by atoms with Gasteiger partial charge in [0.05, 0.1) is 31.8 Å². The summed E-state index contributed by atoms with van der Waals surface area (Å²) < 4.78 is 0. The molecule has 0 aliphatic carbocycles. The molecular formula is C36H58O8. The van der Waals surface area contributed by atoms with E-state index in [2.05, 4.69) is 0 Å². The van der Waals surface area contributed by atoms with Crippen LogP contribution in [0.4, 0.5) is 0 Å². The van der Waals surface area contributed by atoms with Gasteiger partial charge < -0.3 is 35.7 Å². The van der Waals surface area contributed by atoms with Crippen molar-refractivity contribution in [3.8, 4) is 11.5 Å². The summed E-state index contributed by atoms with van der Waals surface area (Å²) in [5.41, 5.74) is 0.0487. The summed E-state index contributed by atoms with van der Waals surface area (Å²) >= 11 is 0. The molecule has 8 nitrogen and oxygen atoms in total. The smallest absolute Gasteiger partial charge is 0.318 e. The SMILES string of the molecule is CC(C)(C)c1cc(C(C)(C(=O)O)c2cc(C(C)(C)C)c(O)c(C(C)(C)C)c2)cc(C(C)(C)C)c1O.OCC(CO)(CO)CO. The van der Waals surface area contributed by atoms with Crippen molar-refractivity contribution < 1.29 is 40.5 Å². The Labute approximate surface area is 264 Å². The second kappa shape index (κ2) is 13.4. The van der Waals surface area contributed by atoms with Crippen LogP contribution in [0, 0.1) is 5.41 Å². The van der Waals surface area contributed by atoms with E-state index in [0.717, 1.165) is 22.3 Å². The molecule has 0 saturated heterocycles. The third-order valence-electron chi connectivity index (χ3n) is 8.38. The number of aromatic hydroxyl groups is 2. The van der Waals surface area contributed by atoms with Crippen LogP contribution in [0.1, 0.15) is 123 Å². The maximum atomic E-state index is 13.1. The molecule has 0 heterocycles. The minimum atomic E-state index is -1.40. The van der Waals surface area contributed by atoms with E-state index < -0.39 is 43.2 Å². The Kier molecular flexibility index (Phi) is 12.0. The lowest BCUT2D eigenvalue weighted by atomic mass is 9.68. The molecule has 0 bridgehead atoms. The molecule has 250 valence electrons. The van der Waals surface area contributed by atoms with Crippen molar-refractivity contribution in [1.82, 2.24) is 0 Å². The van der Waals surface area contributed by atoms with Gasteiger partial charge in [0.15, 0.2) is 0 Å². The van der Waals surface area contributed by atoms with Crippen LogP contribution < -0.4 is 0 Å². The Balaban J connectivity index is 0.000000930. The number of carboxylic acids is 1. The topological polar surface area (TPSA) is 159 Å². The molecule has 0 radical (unpaired) electrons. The van der Waals surface area contributed by atoms with E-state index in [1.54, 1.807) is 6.92 Å². The zero-order valence-corrected chi connectivity index (χ0v) is 29.2. The average Bonchev–Trinajstić information content (AvgIpc) is 2.87. The van der Waals surface area contributed by atoms with Crippen LogP contribution in [0.2, 0.25) is 0 Å². The van der Waals surface area contributed by atoms with Gasteiger partial charge in [0.2, 0.25) is 0 Å². The number of carboxylic acid groups (broad SMARTS) is 1. The molecule has 0 aromatic heterocycles. The van der Waals surface area contributed by atoms with Crippen molar-refractivity contribution in [3.63, 3.8) is 0 Å². The summed E-state index contributed by atoms with van der Waals surface area (Å²) in [7, 11) is 0. The Hall–Kier alpha value is -2.65. The third kappa shape index (κ3) is 8.33. The Morgan fingerprint density at radius 3 is 0.818 bits per heavy atom. The largest absolute Gasteiger partial charge is 0.507 e. The second-order valence-corrected chi connectivity index (χ2v) is 16.4. The van der Waals surface area contributed by atoms with Gasteiger partial charge in [-0.25, -0.2) is 0 Å². The lowest BCUT2D eigenvalue weighted by molar-refractivity contribution is -0.141. The molecule has 0 spiro atoms. The van der Waals surface area contributed by atoms with Crippen LogP contribution in [0.5, 0.6) is 11.5 Å². The van der Waals surface area contributed by atoms with Gasteiger partial charge in [-0.3, -0.25) is 4.79 Å². The number of phenolic OH excluding ortho intramolecular Hbond substituents is 2. The molecule has 0 saturated carbocycles. The number of hydrogen-bond donors (Lipinski definition) is 7. The van der Waals surface area contributed by atoms with Gasteiger partial charge >= 0.3 is 5.97 Å². The van der Waals surface area contributed by atoms with Crippen molar-refractivity contribution in [2.75, 3.05) is 26.4 Å². The molecule has 2 aromatic rings. The number of aliphatic carboxylic acids is 1. The summed E-state index contributed by atoms with van der Waals surface area (Å²) in [6.07, 6.45) is 0. The monoisotopic (exact) mass is 618 g/mol. The lowest BCUT2D eigenvalue weighted by Crippen LogP contribution is -2.37. The number of aliphatic hydroxyl groups is 4. The molecule has 8 heteroatoms. The van der Waals surface area contributed by atoms with E-state index in [9.17, 15) is 20.1 Å². The summed E-state index contributed by atoms with van der Waals surface area (Å²) in [4.78, 5) is 13.1. The standard InChI is InChI=1S/C31H46O4.C5H12O4/c1-27(2,3)20-14-18(15-21(24(20)32)28(4,5)6)31(13,26(34)35)19-16-22(29(7,8)9)25(33)23(17-19)30(10,11)12;6-1-5(2-7,3-8)4-9/h14-17,32-33H,1-13H3,(H,34,35);6-9H,1-4H2. The van der Waals surface area contributed by atoms with Gasteiger partial charge in [-0.05, 0) is 62.0 Å². The van der Waals surface area contributed by atoms with Crippen molar-refractivity contribution >= 4 is 5.97 Å². The summed E-state index contributed by atoms with van der Waals surface area (Å²) in [5, 5.41) is 67.1. The maximum absolute atomic E-state index is 13.1. The van der Waals surface area contributed by atoms with E-state index in [0.29, 0.717) is 11.1 Å². The first kappa shape index (κ1) is 39.4. The fraction of sp³-hybridized carbons (Fsp3) is 0.639. The molecule has 2 aromatic carbocycles. The van der Waals surface area contributed by atoms with Crippen molar-refractivity contribution in [3.05, 3.63) is 57.6 Å². The lowest BCUT2D eigenvalue weighted by Gasteiger charge is -2.35. The summed E-state index contributed by atoms with van der Waals surface area (Å²) in [6, 6.07) is 7.39. The zero-order chi connectivity index (χ0) is 34.9. The molecule has 2 rings (SSSR count). The van der Waals surface area contributed by atoms with Gasteiger partial charge in [0.25, 0.3) is 0 Å². The number of benzene rings is 2. The number of rotatable bonds is 7. The summed E-state index contributed by atoms with van der Waals surface area (Å²) in [6.45, 7) is 24.3. The average molecular weight is 619 g/mol. The van der Waals surface area contributed by atoms with Crippen LogP contribution in [0.3, 0.4) is 0 Å². The van der Waals surface area contributed by atoms with E-state index in [1.807, 2.05) is 107 Å². The highest BCUT2D eigenvalue weighted by atomic mass is 16.4. The minimum absolute atomic E-state index is 0.220. The molecule has 0 unspecified atom stereocenters. The van der Waals surface area contributed by atoms with Crippen molar-refractivity contribution in [2.45, 2.75) is 117 Å².